The van der Waals surface area contributed by atoms with E-state index in [9.17, 15) is 22.0 Å². The van der Waals surface area contributed by atoms with Crippen LogP contribution in [0, 0.1) is 11.6 Å². The van der Waals surface area contributed by atoms with Crippen molar-refractivity contribution >= 4 is 43.4 Å². The van der Waals surface area contributed by atoms with Crippen LogP contribution in [0.1, 0.15) is 9.67 Å². The lowest BCUT2D eigenvalue weighted by atomic mass is 10.0. The first-order valence-electron chi connectivity index (χ1n) is 7.50. The summed E-state index contributed by atoms with van der Waals surface area (Å²) in [5, 5.41) is 0.635. The molecule has 0 atom stereocenters. The number of rotatable bonds is 2. The Kier molecular flexibility index (Phi) is 6.44. The molecule has 3 rings (SSSR count). The lowest BCUT2D eigenvalue weighted by molar-refractivity contribution is 0.101. The van der Waals surface area contributed by atoms with Crippen molar-refractivity contribution < 1.29 is 26.5 Å². The molecule has 1 heterocycles. The number of fused-ring (bicyclic) bond motifs is 1. The van der Waals surface area contributed by atoms with E-state index in [1.807, 2.05) is 0 Å². The van der Waals surface area contributed by atoms with Gasteiger partial charge < -0.3 is 11.5 Å². The molecule has 2 aromatic carbocycles. The first-order chi connectivity index (χ1) is 13.0. The van der Waals surface area contributed by atoms with Crippen LogP contribution in [-0.4, -0.2) is 31.1 Å². The number of thiophene rings is 1. The lowest BCUT2D eigenvalue weighted by Gasteiger charge is -2.05. The van der Waals surface area contributed by atoms with Gasteiger partial charge in [0.1, 0.15) is 11.6 Å². The lowest BCUT2D eigenvalue weighted by Crippen LogP contribution is -2.24. The van der Waals surface area contributed by atoms with Crippen molar-refractivity contribution in [1.82, 2.24) is 0 Å². The van der Waals surface area contributed by atoms with E-state index in [-0.39, 0.29) is 11.5 Å². The standard InChI is InChI=1S/C16H11F2N3OS.CH4O3S/c17-8-4-5-12(18)10(6-8)9-2-1-3-13-11(9)7-14(23-13)15(22)21-16(19)20;1-5(2,3)4/h1-7H,(H4,19,20,21,22);1H3,(H,2,3,4). The molecule has 0 spiro atoms. The molecule has 0 unspecified atom stereocenters. The van der Waals surface area contributed by atoms with Crippen LogP contribution in [0.3, 0.4) is 0 Å². The molecule has 7 nitrogen and oxygen atoms in total. The van der Waals surface area contributed by atoms with Crippen molar-refractivity contribution in [2.75, 3.05) is 6.26 Å². The minimum Gasteiger partial charge on any atom is -0.370 e. The summed E-state index contributed by atoms with van der Waals surface area (Å²) in [5.74, 6) is -1.98. The van der Waals surface area contributed by atoms with Crippen LogP contribution < -0.4 is 11.5 Å². The fourth-order valence-electron chi connectivity index (χ4n) is 2.28. The van der Waals surface area contributed by atoms with Crippen molar-refractivity contribution in [1.29, 1.82) is 0 Å². The molecule has 0 saturated carbocycles. The molecule has 0 aliphatic heterocycles. The zero-order valence-corrected chi connectivity index (χ0v) is 16.0. The molecule has 11 heteroatoms. The van der Waals surface area contributed by atoms with Gasteiger partial charge in [-0.15, -0.1) is 11.3 Å². The van der Waals surface area contributed by atoms with Crippen LogP contribution in [0.5, 0.6) is 0 Å². The number of carbonyl (C=O) groups is 1. The van der Waals surface area contributed by atoms with Gasteiger partial charge in [0.05, 0.1) is 11.1 Å². The number of guanidine groups is 1. The van der Waals surface area contributed by atoms with Crippen LogP contribution in [0.2, 0.25) is 0 Å². The van der Waals surface area contributed by atoms with Crippen molar-refractivity contribution in [3.63, 3.8) is 0 Å². The third-order valence-electron chi connectivity index (χ3n) is 3.22. The highest BCUT2D eigenvalue weighted by Gasteiger charge is 2.15. The summed E-state index contributed by atoms with van der Waals surface area (Å²) in [7, 11) is -3.67. The number of hydrogen-bond donors (Lipinski definition) is 3. The summed E-state index contributed by atoms with van der Waals surface area (Å²) in [4.78, 5) is 15.7. The highest BCUT2D eigenvalue weighted by molar-refractivity contribution is 7.85. The predicted octanol–water partition coefficient (Wildman–Crippen LogP) is 2.76. The molecule has 0 aliphatic rings. The van der Waals surface area contributed by atoms with Gasteiger partial charge in [0.2, 0.25) is 0 Å². The normalized spacial score (nSPS) is 10.9. The third-order valence-corrected chi connectivity index (χ3v) is 4.31. The van der Waals surface area contributed by atoms with Crippen LogP contribution >= 0.6 is 11.3 Å². The van der Waals surface area contributed by atoms with E-state index in [1.165, 1.54) is 11.3 Å². The van der Waals surface area contributed by atoms with E-state index < -0.39 is 27.7 Å². The van der Waals surface area contributed by atoms with Crippen molar-refractivity contribution in [2.24, 2.45) is 16.5 Å². The fraction of sp³-hybridized carbons (Fsp3) is 0.0588. The molecule has 1 amide bonds. The average Bonchev–Trinajstić information content (AvgIpc) is 2.99. The van der Waals surface area contributed by atoms with E-state index in [4.69, 9.17) is 16.0 Å². The molecule has 0 radical (unpaired) electrons. The largest absolute Gasteiger partial charge is 0.370 e. The highest BCUT2D eigenvalue weighted by atomic mass is 32.2. The quantitative estimate of drug-likeness (QED) is 0.327. The Morgan fingerprint density at radius 3 is 2.36 bits per heavy atom. The zero-order chi connectivity index (χ0) is 21.1. The number of benzene rings is 2. The summed E-state index contributed by atoms with van der Waals surface area (Å²) in [6, 6.07) is 10.00. The molecule has 1 aromatic heterocycles. The average molecular weight is 427 g/mol. The number of amides is 1. The Hall–Kier alpha value is -2.89. The van der Waals surface area contributed by atoms with E-state index in [2.05, 4.69) is 4.99 Å². The van der Waals surface area contributed by atoms with E-state index >= 15 is 0 Å². The maximum Gasteiger partial charge on any atom is 0.290 e. The number of aliphatic imine (C=N–C) groups is 1. The zero-order valence-electron chi connectivity index (χ0n) is 14.4. The topological polar surface area (TPSA) is 136 Å². The monoisotopic (exact) mass is 427 g/mol. The molecule has 0 fully saturated rings. The number of halogens is 2. The maximum atomic E-state index is 14.0. The van der Waals surface area contributed by atoms with Crippen LogP contribution in [0.15, 0.2) is 47.5 Å². The molecule has 148 valence electrons. The summed E-state index contributed by atoms with van der Waals surface area (Å²) < 4.78 is 54.1. The molecule has 0 saturated heterocycles. The third kappa shape index (κ3) is 5.81. The fourth-order valence-corrected chi connectivity index (χ4v) is 3.25. The Balaban J connectivity index is 0.000000500. The number of carbonyl (C=O) groups excluding carboxylic acids is 1. The number of hydrogen-bond acceptors (Lipinski definition) is 4. The first kappa shape index (κ1) is 21.4. The van der Waals surface area contributed by atoms with Gasteiger partial charge in [-0.05, 0) is 35.9 Å². The Labute approximate surface area is 163 Å². The van der Waals surface area contributed by atoms with Gasteiger partial charge in [-0.1, -0.05) is 12.1 Å². The molecule has 28 heavy (non-hydrogen) atoms. The van der Waals surface area contributed by atoms with E-state index in [0.717, 1.165) is 22.9 Å². The van der Waals surface area contributed by atoms with Crippen molar-refractivity contribution in [3.8, 4) is 11.1 Å². The summed E-state index contributed by atoms with van der Waals surface area (Å²) in [5.41, 5.74) is 11.0. The summed E-state index contributed by atoms with van der Waals surface area (Å²) in [6.07, 6.45) is 0.715. The van der Waals surface area contributed by atoms with Crippen molar-refractivity contribution in [3.05, 3.63) is 59.0 Å². The van der Waals surface area contributed by atoms with Crippen LogP contribution in [0.4, 0.5) is 8.78 Å². The molecule has 5 N–H and O–H groups in total. The second-order valence-electron chi connectivity index (χ2n) is 5.53. The molecule has 0 aliphatic carbocycles. The highest BCUT2D eigenvalue weighted by Crippen LogP contribution is 2.35. The first-order valence-corrected chi connectivity index (χ1v) is 10.2. The molecular weight excluding hydrogens is 412 g/mol. The second-order valence-corrected chi connectivity index (χ2v) is 8.08. The second kappa shape index (κ2) is 8.42. The van der Waals surface area contributed by atoms with Gasteiger partial charge in [-0.3, -0.25) is 9.35 Å². The summed E-state index contributed by atoms with van der Waals surface area (Å²) in [6.45, 7) is 0. The number of nitrogens with two attached hydrogens (primary N) is 2. The Morgan fingerprint density at radius 2 is 1.75 bits per heavy atom. The molecular formula is C17H15F2N3O4S2. The van der Waals surface area contributed by atoms with Crippen molar-refractivity contribution in [2.45, 2.75) is 0 Å². The van der Waals surface area contributed by atoms with Gasteiger partial charge >= 0.3 is 0 Å². The van der Waals surface area contributed by atoms with Crippen LogP contribution in [0.25, 0.3) is 21.2 Å². The molecule has 0 bridgehead atoms. The minimum absolute atomic E-state index is 0.134. The minimum atomic E-state index is -3.67. The van der Waals surface area contributed by atoms with Gasteiger partial charge in [0, 0.05) is 15.6 Å². The maximum absolute atomic E-state index is 14.0. The van der Waals surface area contributed by atoms with Crippen LogP contribution in [-0.2, 0) is 10.1 Å². The predicted molar refractivity (Wildman–Crippen MR) is 105 cm³/mol. The van der Waals surface area contributed by atoms with Gasteiger partial charge in [0.15, 0.2) is 5.96 Å². The van der Waals surface area contributed by atoms with Gasteiger partial charge in [-0.2, -0.15) is 13.4 Å². The Morgan fingerprint density at radius 1 is 1.11 bits per heavy atom. The van der Waals surface area contributed by atoms with E-state index in [1.54, 1.807) is 24.3 Å². The Bertz CT molecular complexity index is 1160. The van der Waals surface area contributed by atoms with E-state index in [0.29, 0.717) is 22.1 Å². The number of nitrogens with zero attached hydrogens (tertiary/aromatic N) is 1. The SMILES string of the molecule is CS(=O)(=O)O.NC(N)=NC(=O)c1cc2c(-c3cc(F)ccc3F)cccc2s1. The smallest absolute Gasteiger partial charge is 0.290 e. The summed E-state index contributed by atoms with van der Waals surface area (Å²) >= 11 is 1.18. The molecule has 3 aromatic rings. The van der Waals surface area contributed by atoms with Gasteiger partial charge in [-0.25, -0.2) is 8.78 Å². The van der Waals surface area contributed by atoms with Gasteiger partial charge in [0.25, 0.3) is 16.0 Å².